The fourth-order valence-electron chi connectivity index (χ4n) is 0.740. The second-order valence-electron chi connectivity index (χ2n) is 4.12. The van der Waals surface area contributed by atoms with E-state index in [1.165, 1.54) is 0 Å². The second-order valence-corrected chi connectivity index (χ2v) is 5.63. The van der Waals surface area contributed by atoms with Gasteiger partial charge >= 0.3 is 0 Å². The highest BCUT2D eigenvalue weighted by molar-refractivity contribution is 7.99. The van der Waals surface area contributed by atoms with Crippen LogP contribution in [0.5, 0.6) is 0 Å². The van der Waals surface area contributed by atoms with Gasteiger partial charge in [-0.05, 0) is 33.4 Å². The van der Waals surface area contributed by atoms with E-state index in [1.807, 2.05) is 0 Å². The Hall–Kier alpha value is -0.380. The highest BCUT2D eigenvalue weighted by Crippen LogP contribution is 2.20. The van der Waals surface area contributed by atoms with Crippen molar-refractivity contribution >= 4 is 17.7 Å². The Kier molecular flexibility index (Phi) is 6.00. The number of thioether (sulfide) groups is 1. The van der Waals surface area contributed by atoms with Gasteiger partial charge in [-0.3, -0.25) is 4.99 Å². The minimum Gasteiger partial charge on any atom is -0.370 e. The van der Waals surface area contributed by atoms with Gasteiger partial charge in [0.15, 0.2) is 5.96 Å². The van der Waals surface area contributed by atoms with Crippen molar-refractivity contribution in [3.8, 4) is 0 Å². The van der Waals surface area contributed by atoms with E-state index in [0.29, 0.717) is 12.0 Å². The van der Waals surface area contributed by atoms with Gasteiger partial charge in [-0.1, -0.05) is 6.92 Å². The number of nitrogens with one attached hydrogen (secondary N) is 1. The van der Waals surface area contributed by atoms with E-state index in [9.17, 15) is 0 Å². The molecule has 0 aromatic heterocycles. The lowest BCUT2D eigenvalue weighted by Gasteiger charge is -2.20. The maximum absolute atomic E-state index is 5.74. The molecule has 84 valence electrons. The average Bonchev–Trinajstić information content (AvgIpc) is 2.15. The first-order valence-corrected chi connectivity index (χ1v) is 6.25. The van der Waals surface area contributed by atoms with Gasteiger partial charge in [-0.15, -0.1) is 0 Å². The van der Waals surface area contributed by atoms with Crippen LogP contribution in [0.3, 0.4) is 0 Å². The van der Waals surface area contributed by atoms with Gasteiger partial charge in [0.1, 0.15) is 0 Å². The van der Waals surface area contributed by atoms with Crippen LogP contribution in [-0.4, -0.2) is 29.5 Å². The molecule has 0 bridgehead atoms. The van der Waals surface area contributed by atoms with E-state index < -0.39 is 0 Å². The van der Waals surface area contributed by atoms with Gasteiger partial charge in [0, 0.05) is 10.8 Å². The summed E-state index contributed by atoms with van der Waals surface area (Å²) in [6.07, 6.45) is 3.15. The minimum atomic E-state index is 0.168. The highest BCUT2D eigenvalue weighted by atomic mass is 32.2. The van der Waals surface area contributed by atoms with Gasteiger partial charge < -0.3 is 11.1 Å². The lowest BCUT2D eigenvalue weighted by molar-refractivity contribution is 0.632. The molecule has 0 saturated carbocycles. The van der Waals surface area contributed by atoms with Crippen LogP contribution >= 0.6 is 11.8 Å². The van der Waals surface area contributed by atoms with Crippen molar-refractivity contribution in [1.29, 1.82) is 0 Å². The Labute approximate surface area is 91.9 Å². The lowest BCUT2D eigenvalue weighted by atomic mass is 10.2. The maximum atomic E-state index is 5.74. The molecule has 3 nitrogen and oxygen atoms in total. The third-order valence-corrected chi connectivity index (χ3v) is 3.42. The number of hydrogen-bond donors (Lipinski definition) is 2. The van der Waals surface area contributed by atoms with Crippen molar-refractivity contribution in [1.82, 2.24) is 5.32 Å². The molecular weight excluding hydrogens is 194 g/mol. The maximum Gasteiger partial charge on any atom is 0.188 e. The van der Waals surface area contributed by atoms with Crippen LogP contribution in [0, 0.1) is 0 Å². The molecule has 0 fully saturated rings. The van der Waals surface area contributed by atoms with Gasteiger partial charge in [-0.25, -0.2) is 0 Å². The molecule has 0 spiro atoms. The Morgan fingerprint density at radius 3 is 2.57 bits per heavy atom. The van der Waals surface area contributed by atoms with Gasteiger partial charge in [0.05, 0.1) is 6.54 Å². The van der Waals surface area contributed by atoms with Gasteiger partial charge in [0.25, 0.3) is 0 Å². The predicted molar refractivity (Wildman–Crippen MR) is 67.0 cm³/mol. The smallest absolute Gasteiger partial charge is 0.188 e. The Morgan fingerprint density at radius 2 is 2.14 bits per heavy atom. The number of nitrogens with two attached hydrogens (primary N) is 1. The molecule has 3 N–H and O–H groups in total. The quantitative estimate of drug-likeness (QED) is 0.545. The average molecular weight is 217 g/mol. The number of nitrogens with zero attached hydrogens (tertiary/aromatic N) is 1. The van der Waals surface area contributed by atoms with Crippen molar-refractivity contribution in [3.63, 3.8) is 0 Å². The van der Waals surface area contributed by atoms with Gasteiger partial charge in [0.2, 0.25) is 0 Å². The summed E-state index contributed by atoms with van der Waals surface area (Å²) >= 11 is 1.80. The normalized spacial score (nSPS) is 15.4. The zero-order valence-electron chi connectivity index (χ0n) is 9.92. The van der Waals surface area contributed by atoms with Gasteiger partial charge in [-0.2, -0.15) is 11.8 Å². The molecule has 4 heteroatoms. The van der Waals surface area contributed by atoms with Crippen molar-refractivity contribution < 1.29 is 0 Å². The molecule has 0 aromatic rings. The minimum absolute atomic E-state index is 0.168. The third kappa shape index (κ3) is 6.13. The summed E-state index contributed by atoms with van der Waals surface area (Å²) < 4.78 is 0.168. The summed E-state index contributed by atoms with van der Waals surface area (Å²) in [6, 6.07) is 0.399. The lowest BCUT2D eigenvalue weighted by Crippen LogP contribution is -2.39. The molecule has 0 radical (unpaired) electrons. The first-order valence-electron chi connectivity index (χ1n) is 5.03. The summed E-state index contributed by atoms with van der Waals surface area (Å²) in [4.78, 5) is 4.32. The monoisotopic (exact) mass is 217 g/mol. The molecule has 0 aliphatic heterocycles. The van der Waals surface area contributed by atoms with E-state index in [0.717, 1.165) is 13.0 Å². The summed E-state index contributed by atoms with van der Waals surface area (Å²) in [6.45, 7) is 9.30. The standard InChI is InChI=1S/C10H23N3S/c1-6-8(2)13-9(11)12-7-10(3,4)14-5/h8H,6-7H2,1-5H3,(H3,11,12,13). The van der Waals surface area contributed by atoms with E-state index in [4.69, 9.17) is 5.73 Å². The molecule has 1 atom stereocenters. The summed E-state index contributed by atoms with van der Waals surface area (Å²) in [5.41, 5.74) is 5.74. The molecule has 0 aliphatic carbocycles. The van der Waals surface area contributed by atoms with Crippen LogP contribution in [0.1, 0.15) is 34.1 Å². The molecular formula is C10H23N3S. The molecule has 0 rings (SSSR count). The molecule has 0 aliphatic rings. The number of hydrogen-bond acceptors (Lipinski definition) is 2. The zero-order valence-corrected chi connectivity index (χ0v) is 10.7. The summed E-state index contributed by atoms with van der Waals surface area (Å²) in [5, 5.41) is 3.14. The molecule has 0 heterocycles. The number of guanidine groups is 1. The molecule has 0 amide bonds. The fourth-order valence-corrected chi connectivity index (χ4v) is 0.934. The number of aliphatic imine (C=N–C) groups is 1. The third-order valence-electron chi connectivity index (χ3n) is 2.19. The Bertz CT molecular complexity index is 190. The van der Waals surface area contributed by atoms with Crippen molar-refractivity contribution in [3.05, 3.63) is 0 Å². The van der Waals surface area contributed by atoms with Crippen molar-refractivity contribution in [2.75, 3.05) is 12.8 Å². The fraction of sp³-hybridized carbons (Fsp3) is 0.900. The first-order chi connectivity index (χ1) is 6.41. The van der Waals surface area contributed by atoms with Crippen molar-refractivity contribution in [2.24, 2.45) is 10.7 Å². The summed E-state index contributed by atoms with van der Waals surface area (Å²) in [5.74, 6) is 0.557. The first kappa shape index (κ1) is 13.6. The SMILES string of the molecule is CCC(C)NC(N)=NCC(C)(C)SC. The Balaban J connectivity index is 3.99. The highest BCUT2D eigenvalue weighted by Gasteiger charge is 2.14. The Morgan fingerprint density at radius 1 is 1.57 bits per heavy atom. The van der Waals surface area contributed by atoms with Crippen LogP contribution in [0.25, 0.3) is 0 Å². The van der Waals surface area contributed by atoms with E-state index >= 15 is 0 Å². The number of rotatable bonds is 5. The summed E-state index contributed by atoms with van der Waals surface area (Å²) in [7, 11) is 0. The van der Waals surface area contributed by atoms with E-state index in [2.05, 4.69) is 44.3 Å². The molecule has 0 saturated heterocycles. The molecule has 0 aromatic carbocycles. The zero-order chi connectivity index (χ0) is 11.2. The van der Waals surface area contributed by atoms with E-state index in [1.54, 1.807) is 11.8 Å². The van der Waals surface area contributed by atoms with Crippen LogP contribution in [0.15, 0.2) is 4.99 Å². The van der Waals surface area contributed by atoms with Crippen molar-refractivity contribution in [2.45, 2.75) is 44.9 Å². The predicted octanol–water partition coefficient (Wildman–Crippen LogP) is 1.83. The molecule has 1 unspecified atom stereocenters. The van der Waals surface area contributed by atoms with Crippen LogP contribution in [0.2, 0.25) is 0 Å². The van der Waals surface area contributed by atoms with Crippen LogP contribution < -0.4 is 11.1 Å². The second kappa shape index (κ2) is 6.17. The molecule has 14 heavy (non-hydrogen) atoms. The largest absolute Gasteiger partial charge is 0.370 e. The topological polar surface area (TPSA) is 50.4 Å². The van der Waals surface area contributed by atoms with E-state index in [-0.39, 0.29) is 4.75 Å². The van der Waals surface area contributed by atoms with Crippen LogP contribution in [-0.2, 0) is 0 Å². The van der Waals surface area contributed by atoms with Crippen LogP contribution in [0.4, 0.5) is 0 Å².